The summed E-state index contributed by atoms with van der Waals surface area (Å²) in [7, 11) is 1.37. The number of rotatable bonds is 7. The van der Waals surface area contributed by atoms with Crippen LogP contribution in [0.15, 0.2) is 48.5 Å². The maximum atomic E-state index is 12.1. The lowest BCUT2D eigenvalue weighted by Gasteiger charge is -2.26. The lowest BCUT2D eigenvalue weighted by molar-refractivity contribution is -0.149. The van der Waals surface area contributed by atoms with Gasteiger partial charge in [0, 0.05) is 36.6 Å². The monoisotopic (exact) mass is 438 g/mol. The second-order valence-corrected chi connectivity index (χ2v) is 7.96. The Hall–Kier alpha value is -2.71. The van der Waals surface area contributed by atoms with E-state index in [0.717, 1.165) is 55.3 Å². The van der Waals surface area contributed by atoms with Crippen LogP contribution in [-0.4, -0.2) is 64.0 Å². The number of carbonyl (C=O) groups is 1. The number of anilines is 2. The molecule has 2 aliphatic heterocycles. The van der Waals surface area contributed by atoms with E-state index in [2.05, 4.69) is 34.5 Å². The maximum Gasteiger partial charge on any atom is 0.337 e. The summed E-state index contributed by atoms with van der Waals surface area (Å²) < 4.78 is 22.0. The molecule has 32 heavy (non-hydrogen) atoms. The van der Waals surface area contributed by atoms with Gasteiger partial charge in [-0.05, 0) is 36.8 Å². The predicted molar refractivity (Wildman–Crippen MR) is 123 cm³/mol. The highest BCUT2D eigenvalue weighted by Gasteiger charge is 2.35. The summed E-state index contributed by atoms with van der Waals surface area (Å²) in [6.45, 7) is 7.44. The minimum Gasteiger partial charge on any atom is -0.465 e. The van der Waals surface area contributed by atoms with E-state index in [1.54, 1.807) is 12.1 Å². The van der Waals surface area contributed by atoms with Crippen molar-refractivity contribution in [1.82, 2.24) is 4.90 Å². The fourth-order valence-corrected chi connectivity index (χ4v) is 3.91. The van der Waals surface area contributed by atoms with Gasteiger partial charge < -0.3 is 24.3 Å². The molecule has 0 bridgehead atoms. The van der Waals surface area contributed by atoms with Crippen molar-refractivity contribution in [2.24, 2.45) is 0 Å². The predicted octanol–water partition coefficient (Wildman–Crippen LogP) is 3.78. The first-order chi connectivity index (χ1) is 15.6. The van der Waals surface area contributed by atoms with Crippen LogP contribution in [0.3, 0.4) is 0 Å². The van der Waals surface area contributed by atoms with Gasteiger partial charge in [-0.2, -0.15) is 0 Å². The van der Waals surface area contributed by atoms with Crippen molar-refractivity contribution in [2.75, 3.05) is 58.5 Å². The molecule has 1 N–H and O–H groups in total. The van der Waals surface area contributed by atoms with Gasteiger partial charge in [-0.15, -0.1) is 0 Å². The van der Waals surface area contributed by atoms with Crippen LogP contribution in [0.25, 0.3) is 6.08 Å². The molecule has 0 saturated carbocycles. The molecule has 7 nitrogen and oxygen atoms in total. The highest BCUT2D eigenvalue weighted by molar-refractivity contribution is 5.91. The van der Waals surface area contributed by atoms with E-state index in [1.165, 1.54) is 7.11 Å². The highest BCUT2D eigenvalue weighted by Crippen LogP contribution is 2.37. The number of carbonyl (C=O) groups excluding carboxylic acids is 1. The number of nitrogens with zero attached hydrogens (tertiary/aromatic N) is 1. The molecule has 2 aromatic rings. The zero-order chi connectivity index (χ0) is 22.4. The van der Waals surface area contributed by atoms with Crippen LogP contribution in [0, 0.1) is 0 Å². The van der Waals surface area contributed by atoms with Crippen LogP contribution in [0.1, 0.15) is 28.4 Å². The van der Waals surface area contributed by atoms with Crippen LogP contribution in [0.2, 0.25) is 0 Å². The number of nitrogens with one attached hydrogen (secondary N) is 1. The normalized spacial score (nSPS) is 18.7. The Morgan fingerprint density at radius 2 is 1.81 bits per heavy atom. The molecule has 0 spiro atoms. The molecule has 7 heteroatoms. The van der Waals surface area contributed by atoms with E-state index in [4.69, 9.17) is 18.9 Å². The third kappa shape index (κ3) is 5.37. The van der Waals surface area contributed by atoms with Gasteiger partial charge in [0.15, 0.2) is 5.79 Å². The van der Waals surface area contributed by atoms with Crippen LogP contribution >= 0.6 is 0 Å². The van der Waals surface area contributed by atoms with Gasteiger partial charge in [0.25, 0.3) is 0 Å². The Morgan fingerprint density at radius 1 is 1.09 bits per heavy atom. The number of hydrogen-bond acceptors (Lipinski definition) is 7. The molecule has 4 rings (SSSR count). The maximum absolute atomic E-state index is 12.1. The average Bonchev–Trinajstić information content (AvgIpc) is 3.27. The third-order valence-electron chi connectivity index (χ3n) is 5.74. The summed E-state index contributed by atoms with van der Waals surface area (Å²) in [5, 5.41) is 3.42. The molecule has 0 amide bonds. The summed E-state index contributed by atoms with van der Waals surface area (Å²) in [5.41, 5.74) is 4.06. The van der Waals surface area contributed by atoms with Gasteiger partial charge >= 0.3 is 5.97 Å². The molecule has 0 aliphatic carbocycles. The third-order valence-corrected chi connectivity index (χ3v) is 5.74. The number of esters is 1. The first-order valence-corrected chi connectivity index (χ1v) is 10.9. The number of morpholine rings is 1. The molecular weight excluding hydrogens is 408 g/mol. The zero-order valence-corrected chi connectivity index (χ0v) is 18.6. The van der Waals surface area contributed by atoms with E-state index in [-0.39, 0.29) is 0 Å². The number of benzene rings is 2. The van der Waals surface area contributed by atoms with Crippen LogP contribution < -0.4 is 5.32 Å². The lowest BCUT2D eigenvalue weighted by atomic mass is 10.0. The highest BCUT2D eigenvalue weighted by atomic mass is 16.7. The SMILES string of the molecule is COC(=O)c1ccc(C2(C)OCCO2)c(Nc2ccc(/C=C/CN3CCOCC3)cc2)c1. The van der Waals surface area contributed by atoms with E-state index < -0.39 is 11.8 Å². The quantitative estimate of drug-likeness (QED) is 0.660. The number of ether oxygens (including phenoxy) is 4. The summed E-state index contributed by atoms with van der Waals surface area (Å²) in [6.07, 6.45) is 4.31. The Morgan fingerprint density at radius 3 is 2.50 bits per heavy atom. The summed E-state index contributed by atoms with van der Waals surface area (Å²) in [5.74, 6) is -1.25. The van der Waals surface area contributed by atoms with Crippen molar-refractivity contribution in [3.05, 3.63) is 65.2 Å². The molecule has 2 heterocycles. The lowest BCUT2D eigenvalue weighted by Crippen LogP contribution is -2.36. The van der Waals surface area contributed by atoms with Gasteiger partial charge in [-0.1, -0.05) is 30.4 Å². The Balaban J connectivity index is 1.49. The molecule has 2 saturated heterocycles. The van der Waals surface area contributed by atoms with Crippen molar-refractivity contribution in [2.45, 2.75) is 12.7 Å². The fraction of sp³-hybridized carbons (Fsp3) is 0.400. The molecule has 0 aromatic heterocycles. The molecule has 0 unspecified atom stereocenters. The second-order valence-electron chi connectivity index (χ2n) is 7.96. The van der Waals surface area contributed by atoms with E-state index >= 15 is 0 Å². The van der Waals surface area contributed by atoms with E-state index in [9.17, 15) is 4.79 Å². The second kappa shape index (κ2) is 10.3. The summed E-state index contributed by atoms with van der Waals surface area (Å²) in [4.78, 5) is 14.4. The van der Waals surface area contributed by atoms with Gasteiger partial charge in [0.2, 0.25) is 0 Å². The fourth-order valence-electron chi connectivity index (χ4n) is 3.91. The Bertz CT molecular complexity index is 945. The van der Waals surface area contributed by atoms with Crippen molar-refractivity contribution in [1.29, 1.82) is 0 Å². The first-order valence-electron chi connectivity index (χ1n) is 10.9. The average molecular weight is 439 g/mol. The molecular formula is C25H30N2O5. The molecule has 0 radical (unpaired) electrons. The van der Waals surface area contributed by atoms with E-state index in [0.29, 0.717) is 18.8 Å². The largest absolute Gasteiger partial charge is 0.465 e. The molecule has 170 valence electrons. The summed E-state index contributed by atoms with van der Waals surface area (Å²) in [6, 6.07) is 13.5. The van der Waals surface area contributed by atoms with Crippen molar-refractivity contribution in [3.8, 4) is 0 Å². The minimum absolute atomic E-state index is 0.390. The van der Waals surface area contributed by atoms with Crippen LogP contribution in [0.5, 0.6) is 0 Å². The number of hydrogen-bond donors (Lipinski definition) is 1. The smallest absolute Gasteiger partial charge is 0.337 e. The number of methoxy groups -OCH3 is 1. The standard InChI is InChI=1S/C25H30N2O5/c1-25(31-16-17-32-25)22-10-7-20(24(28)29-2)18-23(22)26-21-8-5-19(6-9-21)4-3-11-27-12-14-30-15-13-27/h3-10,18,26H,11-17H2,1-2H3/b4-3+. The first kappa shape index (κ1) is 22.5. The molecule has 2 aromatic carbocycles. The van der Waals surface area contributed by atoms with Gasteiger partial charge in [0.05, 0.1) is 39.1 Å². The zero-order valence-electron chi connectivity index (χ0n) is 18.6. The Kier molecular flexibility index (Phi) is 7.22. The van der Waals surface area contributed by atoms with Crippen molar-refractivity contribution >= 4 is 23.4 Å². The molecule has 2 fully saturated rings. The summed E-state index contributed by atoms with van der Waals surface area (Å²) >= 11 is 0. The van der Waals surface area contributed by atoms with Crippen molar-refractivity contribution in [3.63, 3.8) is 0 Å². The molecule has 0 atom stereocenters. The van der Waals surface area contributed by atoms with Gasteiger partial charge in [-0.3, -0.25) is 4.90 Å². The van der Waals surface area contributed by atoms with E-state index in [1.807, 2.05) is 25.1 Å². The van der Waals surface area contributed by atoms with Crippen LogP contribution in [0.4, 0.5) is 11.4 Å². The van der Waals surface area contributed by atoms with Gasteiger partial charge in [0.1, 0.15) is 0 Å². The van der Waals surface area contributed by atoms with Crippen LogP contribution in [-0.2, 0) is 24.7 Å². The minimum atomic E-state index is -0.862. The van der Waals surface area contributed by atoms with Crippen molar-refractivity contribution < 1.29 is 23.7 Å². The molecule has 2 aliphatic rings. The topological polar surface area (TPSA) is 69.3 Å². The van der Waals surface area contributed by atoms with Gasteiger partial charge in [-0.25, -0.2) is 4.79 Å². The Labute approximate surface area is 188 Å².